The fraction of sp³-hybridized carbons (Fsp3) is 0.100. The van der Waals surface area contributed by atoms with E-state index in [-0.39, 0.29) is 10.7 Å². The van der Waals surface area contributed by atoms with E-state index in [0.717, 1.165) is 8.66 Å². The molecule has 0 spiro atoms. The van der Waals surface area contributed by atoms with Crippen molar-refractivity contribution in [2.75, 3.05) is 4.72 Å². The lowest BCUT2D eigenvalue weighted by atomic mass is 10.5. The zero-order valence-electron chi connectivity index (χ0n) is 9.15. The summed E-state index contributed by atoms with van der Waals surface area (Å²) in [5, 5.41) is 0. The van der Waals surface area contributed by atoms with Gasteiger partial charge < -0.3 is 0 Å². The number of rotatable bonds is 3. The Hall–Kier alpha value is -0.440. The molecular weight excluding hydrogens is 404 g/mol. The van der Waals surface area contributed by atoms with Crippen LogP contribution in [0.3, 0.4) is 0 Å². The van der Waals surface area contributed by atoms with Crippen LogP contribution >= 0.6 is 43.2 Å². The molecule has 0 aromatic carbocycles. The van der Waals surface area contributed by atoms with E-state index in [2.05, 4.69) is 41.6 Å². The smallest absolute Gasteiger partial charge is 0.262 e. The number of hydrogen-bond donors (Lipinski definition) is 1. The van der Waals surface area contributed by atoms with Gasteiger partial charge in [0, 0.05) is 11.1 Å². The highest BCUT2D eigenvalue weighted by atomic mass is 79.9. The van der Waals surface area contributed by atoms with Crippen LogP contribution in [0.2, 0.25) is 0 Å². The number of nitrogens with one attached hydrogen (secondary N) is 1. The second-order valence-electron chi connectivity index (χ2n) is 3.41. The zero-order chi connectivity index (χ0) is 13.3. The topological polar surface area (TPSA) is 59.1 Å². The first-order valence-electron chi connectivity index (χ1n) is 4.79. The molecule has 0 aliphatic heterocycles. The number of aromatic nitrogens is 1. The molecule has 0 amide bonds. The second kappa shape index (κ2) is 5.28. The van der Waals surface area contributed by atoms with Crippen LogP contribution in [0.1, 0.15) is 4.88 Å². The van der Waals surface area contributed by atoms with Crippen LogP contribution in [0, 0.1) is 6.92 Å². The number of thiophene rings is 1. The van der Waals surface area contributed by atoms with Gasteiger partial charge in [0.05, 0.1) is 8.26 Å². The van der Waals surface area contributed by atoms with Gasteiger partial charge in [-0.1, -0.05) is 0 Å². The van der Waals surface area contributed by atoms with Crippen LogP contribution in [-0.4, -0.2) is 13.4 Å². The lowest BCUT2D eigenvalue weighted by molar-refractivity contribution is 0.601. The normalized spacial score (nSPS) is 11.5. The van der Waals surface area contributed by atoms with Gasteiger partial charge in [0.25, 0.3) is 10.0 Å². The van der Waals surface area contributed by atoms with Crippen LogP contribution < -0.4 is 4.72 Å². The van der Waals surface area contributed by atoms with Gasteiger partial charge >= 0.3 is 0 Å². The molecule has 96 valence electrons. The molecule has 2 aromatic heterocycles. The molecule has 0 bridgehead atoms. The Bertz CT molecular complexity index is 683. The molecule has 1 N–H and O–H groups in total. The second-order valence-corrected chi connectivity index (χ2v) is 8.55. The summed E-state index contributed by atoms with van der Waals surface area (Å²) in [4.78, 5) is 4.96. The van der Waals surface area contributed by atoms with E-state index in [4.69, 9.17) is 0 Å². The summed E-state index contributed by atoms with van der Waals surface area (Å²) >= 11 is 7.90. The molecule has 2 rings (SSSR count). The quantitative estimate of drug-likeness (QED) is 0.835. The fourth-order valence-corrected chi connectivity index (χ4v) is 5.27. The number of halogens is 2. The summed E-state index contributed by atoms with van der Waals surface area (Å²) in [5.41, 5.74) is 0. The zero-order valence-corrected chi connectivity index (χ0v) is 14.0. The SMILES string of the molecule is Cc1sc(Br)cc1S(=O)(=O)Nc1ncccc1Br. The van der Waals surface area contributed by atoms with Crippen molar-refractivity contribution in [2.45, 2.75) is 11.8 Å². The third kappa shape index (κ3) is 2.93. The molecule has 0 fully saturated rings. The average Bonchev–Trinajstić information content (AvgIpc) is 2.62. The molecule has 8 heteroatoms. The van der Waals surface area contributed by atoms with Crippen LogP contribution in [0.25, 0.3) is 0 Å². The Morgan fingerprint density at radius 3 is 2.67 bits per heavy atom. The molecular formula is C10H8Br2N2O2S2. The molecule has 0 atom stereocenters. The highest BCUT2D eigenvalue weighted by Crippen LogP contribution is 2.31. The Labute approximate surface area is 126 Å². The predicted molar refractivity (Wildman–Crippen MR) is 79.5 cm³/mol. The number of sulfonamides is 1. The molecule has 0 unspecified atom stereocenters. The van der Waals surface area contributed by atoms with E-state index in [1.54, 1.807) is 25.1 Å². The summed E-state index contributed by atoms with van der Waals surface area (Å²) in [7, 11) is -3.61. The fourth-order valence-electron chi connectivity index (χ4n) is 1.34. The minimum absolute atomic E-state index is 0.261. The summed E-state index contributed by atoms with van der Waals surface area (Å²) in [5.74, 6) is 0.277. The highest BCUT2D eigenvalue weighted by Gasteiger charge is 2.20. The van der Waals surface area contributed by atoms with Crippen LogP contribution in [0.15, 0.2) is 37.6 Å². The van der Waals surface area contributed by atoms with Crippen molar-refractivity contribution in [3.8, 4) is 0 Å². The molecule has 0 aliphatic carbocycles. The van der Waals surface area contributed by atoms with Gasteiger partial charge in [-0.25, -0.2) is 13.4 Å². The first-order chi connectivity index (χ1) is 8.40. The van der Waals surface area contributed by atoms with Crippen LogP contribution in [0.4, 0.5) is 5.82 Å². The Morgan fingerprint density at radius 1 is 1.39 bits per heavy atom. The third-order valence-corrected chi connectivity index (χ3v) is 5.91. The van der Waals surface area contributed by atoms with Crippen LogP contribution in [-0.2, 0) is 10.0 Å². The highest BCUT2D eigenvalue weighted by molar-refractivity contribution is 9.11. The van der Waals surface area contributed by atoms with Crippen molar-refractivity contribution in [2.24, 2.45) is 0 Å². The van der Waals surface area contributed by atoms with Gasteiger partial charge in [0.15, 0.2) is 5.82 Å². The Morgan fingerprint density at radius 2 is 2.11 bits per heavy atom. The Kier molecular flexibility index (Phi) is 4.10. The molecule has 2 heterocycles. The van der Waals surface area contributed by atoms with Crippen molar-refractivity contribution in [3.05, 3.63) is 37.5 Å². The van der Waals surface area contributed by atoms with E-state index in [1.807, 2.05) is 0 Å². The average molecular weight is 412 g/mol. The van der Waals surface area contributed by atoms with Crippen molar-refractivity contribution < 1.29 is 8.42 Å². The molecule has 0 aliphatic rings. The number of hydrogen-bond acceptors (Lipinski definition) is 4. The van der Waals surface area contributed by atoms with Gasteiger partial charge in [0.1, 0.15) is 4.90 Å². The minimum atomic E-state index is -3.61. The van der Waals surface area contributed by atoms with Gasteiger partial charge in [-0.05, 0) is 57.0 Å². The molecule has 0 saturated carbocycles. The summed E-state index contributed by atoms with van der Waals surface area (Å²) in [6.07, 6.45) is 1.53. The molecule has 0 radical (unpaired) electrons. The van der Waals surface area contributed by atoms with E-state index in [0.29, 0.717) is 4.47 Å². The van der Waals surface area contributed by atoms with Gasteiger partial charge in [-0.3, -0.25) is 4.72 Å². The third-order valence-electron chi connectivity index (χ3n) is 2.12. The van der Waals surface area contributed by atoms with E-state index >= 15 is 0 Å². The lowest BCUT2D eigenvalue weighted by Gasteiger charge is -2.07. The van der Waals surface area contributed by atoms with Crippen molar-refractivity contribution in [1.29, 1.82) is 0 Å². The number of aryl methyl sites for hydroxylation is 1. The van der Waals surface area contributed by atoms with Crippen LogP contribution in [0.5, 0.6) is 0 Å². The van der Waals surface area contributed by atoms with Crippen molar-refractivity contribution >= 4 is 59.0 Å². The van der Waals surface area contributed by atoms with E-state index < -0.39 is 10.0 Å². The van der Waals surface area contributed by atoms with E-state index in [9.17, 15) is 8.42 Å². The Balaban J connectivity index is 2.40. The maximum absolute atomic E-state index is 12.2. The van der Waals surface area contributed by atoms with Gasteiger partial charge in [0.2, 0.25) is 0 Å². The van der Waals surface area contributed by atoms with Crippen molar-refractivity contribution in [1.82, 2.24) is 4.98 Å². The first-order valence-corrected chi connectivity index (χ1v) is 8.68. The molecule has 0 saturated heterocycles. The number of pyridine rings is 1. The van der Waals surface area contributed by atoms with Gasteiger partial charge in [-0.2, -0.15) is 0 Å². The summed E-state index contributed by atoms with van der Waals surface area (Å²) in [6.45, 7) is 1.76. The molecule has 2 aromatic rings. The predicted octanol–water partition coefficient (Wildman–Crippen LogP) is 3.78. The minimum Gasteiger partial charge on any atom is -0.262 e. The summed E-state index contributed by atoms with van der Waals surface area (Å²) in [6, 6.07) is 5.02. The monoisotopic (exact) mass is 410 g/mol. The van der Waals surface area contributed by atoms with Crippen molar-refractivity contribution in [3.63, 3.8) is 0 Å². The number of anilines is 1. The van der Waals surface area contributed by atoms with Gasteiger partial charge in [-0.15, -0.1) is 11.3 Å². The maximum atomic E-state index is 12.2. The maximum Gasteiger partial charge on any atom is 0.264 e. The molecule has 18 heavy (non-hydrogen) atoms. The molecule has 4 nitrogen and oxygen atoms in total. The largest absolute Gasteiger partial charge is 0.264 e. The first kappa shape index (κ1) is 14.0. The number of nitrogens with zero attached hydrogens (tertiary/aromatic N) is 1. The summed E-state index contributed by atoms with van der Waals surface area (Å²) < 4.78 is 28.2. The lowest BCUT2D eigenvalue weighted by Crippen LogP contribution is -2.14. The standard InChI is InChI=1S/C10H8Br2N2O2S2/c1-6-8(5-9(12)17-6)18(15,16)14-10-7(11)3-2-4-13-10/h2-5H,1H3,(H,13,14). The van der Waals surface area contributed by atoms with E-state index in [1.165, 1.54) is 17.5 Å².